The quantitative estimate of drug-likeness (QED) is 0.831. The number of hydrogen-bond donors (Lipinski definition) is 2. The lowest BCUT2D eigenvalue weighted by atomic mass is 10.2. The minimum atomic E-state index is -0.0554. The lowest BCUT2D eigenvalue weighted by Crippen LogP contribution is -2.14. The van der Waals surface area contributed by atoms with Crippen LogP contribution in [0.25, 0.3) is 0 Å². The average Bonchev–Trinajstić information content (AvgIpc) is 2.88. The lowest BCUT2D eigenvalue weighted by molar-refractivity contribution is -0.113. The Hall–Kier alpha value is -1.82. The molecule has 0 aliphatic carbocycles. The maximum Gasteiger partial charge on any atom is 0.234 e. The Labute approximate surface area is 122 Å². The number of hydrogen-bond acceptors (Lipinski definition) is 4. The molecule has 20 heavy (non-hydrogen) atoms. The summed E-state index contributed by atoms with van der Waals surface area (Å²) in [5.74, 6) is 1.38. The molecular formula is C14H18N4OS. The summed E-state index contributed by atoms with van der Waals surface area (Å²) in [4.78, 5) is 16.2. The van der Waals surface area contributed by atoms with E-state index in [0.29, 0.717) is 16.8 Å². The van der Waals surface area contributed by atoms with Crippen LogP contribution in [0.1, 0.15) is 31.2 Å². The van der Waals surface area contributed by atoms with Gasteiger partial charge in [0, 0.05) is 11.6 Å². The molecule has 0 atom stereocenters. The maximum absolute atomic E-state index is 11.9. The van der Waals surface area contributed by atoms with E-state index >= 15 is 0 Å². The smallest absolute Gasteiger partial charge is 0.234 e. The molecule has 2 N–H and O–H groups in total. The highest BCUT2D eigenvalue weighted by atomic mass is 32.2. The van der Waals surface area contributed by atoms with Gasteiger partial charge < -0.3 is 5.32 Å². The summed E-state index contributed by atoms with van der Waals surface area (Å²) in [6.45, 7) is 6.05. The third kappa shape index (κ3) is 3.84. The number of carbonyl (C=O) groups is 1. The molecular weight excluding hydrogens is 272 g/mol. The minimum absolute atomic E-state index is 0.0554. The normalized spacial score (nSPS) is 10.8. The van der Waals surface area contributed by atoms with Crippen LogP contribution in [0.4, 0.5) is 5.69 Å². The van der Waals surface area contributed by atoms with Crippen molar-refractivity contribution in [2.75, 3.05) is 11.1 Å². The van der Waals surface area contributed by atoms with Gasteiger partial charge in [0.25, 0.3) is 0 Å². The van der Waals surface area contributed by atoms with Gasteiger partial charge in [-0.1, -0.05) is 43.8 Å². The largest absolute Gasteiger partial charge is 0.325 e. The molecule has 0 unspecified atom stereocenters. The summed E-state index contributed by atoms with van der Waals surface area (Å²) in [6, 6.07) is 7.70. The zero-order chi connectivity index (χ0) is 14.5. The van der Waals surface area contributed by atoms with Crippen LogP contribution in [0.2, 0.25) is 0 Å². The fourth-order valence-electron chi connectivity index (χ4n) is 1.61. The Bertz CT molecular complexity index is 594. The van der Waals surface area contributed by atoms with Gasteiger partial charge in [-0.2, -0.15) is 0 Å². The average molecular weight is 290 g/mol. The van der Waals surface area contributed by atoms with Gasteiger partial charge in [-0.15, -0.1) is 5.10 Å². The molecule has 0 aliphatic rings. The molecule has 2 aromatic rings. The summed E-state index contributed by atoms with van der Waals surface area (Å²) < 4.78 is 0. The van der Waals surface area contributed by atoms with Crippen molar-refractivity contribution in [1.29, 1.82) is 0 Å². The van der Waals surface area contributed by atoms with E-state index in [1.165, 1.54) is 11.8 Å². The van der Waals surface area contributed by atoms with Gasteiger partial charge in [-0.25, -0.2) is 4.98 Å². The monoisotopic (exact) mass is 290 g/mol. The highest BCUT2D eigenvalue weighted by molar-refractivity contribution is 7.99. The fourth-order valence-corrected chi connectivity index (χ4v) is 2.22. The minimum Gasteiger partial charge on any atom is -0.325 e. The molecule has 1 aromatic heterocycles. The van der Waals surface area contributed by atoms with E-state index in [0.717, 1.165) is 17.1 Å². The van der Waals surface area contributed by atoms with E-state index in [4.69, 9.17) is 0 Å². The standard InChI is InChI=1S/C14H18N4OS/c1-9(2)13-16-14(18-17-13)20-8-12(19)15-11-7-5-4-6-10(11)3/h4-7,9H,8H2,1-3H3,(H,15,19)(H,16,17,18). The summed E-state index contributed by atoms with van der Waals surface area (Å²) in [6.07, 6.45) is 0. The molecule has 1 amide bonds. The van der Waals surface area contributed by atoms with Crippen LogP contribution >= 0.6 is 11.8 Å². The Kier molecular flexibility index (Phi) is 4.79. The van der Waals surface area contributed by atoms with Crippen LogP contribution in [0, 0.1) is 6.92 Å². The first kappa shape index (κ1) is 14.6. The Balaban J connectivity index is 1.87. The van der Waals surface area contributed by atoms with Gasteiger partial charge in [0.05, 0.1) is 5.75 Å². The van der Waals surface area contributed by atoms with Crippen molar-refractivity contribution >= 4 is 23.4 Å². The van der Waals surface area contributed by atoms with Crippen LogP contribution in [0.3, 0.4) is 0 Å². The van der Waals surface area contributed by atoms with Gasteiger partial charge in [0.2, 0.25) is 11.1 Å². The van der Waals surface area contributed by atoms with Gasteiger partial charge in [-0.05, 0) is 18.6 Å². The number of thioether (sulfide) groups is 1. The number of H-pyrrole nitrogens is 1. The van der Waals surface area contributed by atoms with Gasteiger partial charge >= 0.3 is 0 Å². The van der Waals surface area contributed by atoms with Crippen LogP contribution in [0.5, 0.6) is 0 Å². The third-order valence-corrected chi connectivity index (χ3v) is 3.63. The van der Waals surface area contributed by atoms with Crippen molar-refractivity contribution < 1.29 is 4.79 Å². The molecule has 0 aliphatic heterocycles. The number of nitrogens with one attached hydrogen (secondary N) is 2. The number of aromatic amines is 1. The van der Waals surface area contributed by atoms with Gasteiger partial charge in [-0.3, -0.25) is 9.89 Å². The summed E-state index contributed by atoms with van der Waals surface area (Å²) in [5, 5.41) is 10.4. The first-order chi connectivity index (χ1) is 9.56. The topological polar surface area (TPSA) is 70.7 Å². The number of benzene rings is 1. The van der Waals surface area contributed by atoms with Crippen molar-refractivity contribution in [3.8, 4) is 0 Å². The number of rotatable bonds is 5. The Morgan fingerprint density at radius 3 is 2.80 bits per heavy atom. The lowest BCUT2D eigenvalue weighted by Gasteiger charge is -2.06. The summed E-state index contributed by atoms with van der Waals surface area (Å²) in [5.41, 5.74) is 1.89. The number of amides is 1. The molecule has 1 heterocycles. The molecule has 5 nitrogen and oxygen atoms in total. The van der Waals surface area contributed by atoms with Crippen LogP contribution < -0.4 is 5.32 Å². The summed E-state index contributed by atoms with van der Waals surface area (Å²) in [7, 11) is 0. The van der Waals surface area contributed by atoms with Crippen molar-refractivity contribution in [3.63, 3.8) is 0 Å². The van der Waals surface area contributed by atoms with Crippen LogP contribution in [-0.2, 0) is 4.79 Å². The first-order valence-corrected chi connectivity index (χ1v) is 7.45. The molecule has 6 heteroatoms. The summed E-state index contributed by atoms with van der Waals surface area (Å²) >= 11 is 1.33. The molecule has 0 fully saturated rings. The van der Waals surface area contributed by atoms with E-state index in [-0.39, 0.29) is 5.91 Å². The second-order valence-electron chi connectivity index (χ2n) is 4.81. The molecule has 2 rings (SSSR count). The number of aromatic nitrogens is 3. The van der Waals surface area contributed by atoms with Gasteiger partial charge in [0.15, 0.2) is 0 Å². The number of para-hydroxylation sites is 1. The Morgan fingerprint density at radius 2 is 2.15 bits per heavy atom. The second-order valence-corrected chi connectivity index (χ2v) is 5.75. The molecule has 0 spiro atoms. The first-order valence-electron chi connectivity index (χ1n) is 6.47. The van der Waals surface area contributed by atoms with E-state index < -0.39 is 0 Å². The van der Waals surface area contributed by atoms with E-state index in [9.17, 15) is 4.79 Å². The molecule has 0 saturated carbocycles. The van der Waals surface area contributed by atoms with Crippen molar-refractivity contribution in [3.05, 3.63) is 35.7 Å². The predicted octanol–water partition coefficient (Wildman–Crippen LogP) is 2.97. The molecule has 0 radical (unpaired) electrons. The van der Waals surface area contributed by atoms with Gasteiger partial charge in [0.1, 0.15) is 5.82 Å². The Morgan fingerprint density at radius 1 is 1.40 bits per heavy atom. The number of aryl methyl sites for hydroxylation is 1. The van der Waals surface area contributed by atoms with E-state index in [1.54, 1.807) is 0 Å². The van der Waals surface area contributed by atoms with Crippen molar-refractivity contribution in [2.45, 2.75) is 31.8 Å². The number of carbonyl (C=O) groups excluding carboxylic acids is 1. The highest BCUT2D eigenvalue weighted by Gasteiger charge is 2.10. The number of nitrogens with zero attached hydrogens (tertiary/aromatic N) is 2. The molecule has 1 aromatic carbocycles. The second kappa shape index (κ2) is 6.56. The van der Waals surface area contributed by atoms with Crippen molar-refractivity contribution in [2.24, 2.45) is 0 Å². The third-order valence-electron chi connectivity index (χ3n) is 2.78. The molecule has 0 bridgehead atoms. The SMILES string of the molecule is Cc1ccccc1NC(=O)CSc1n[nH]c(C(C)C)n1. The van der Waals surface area contributed by atoms with E-state index in [1.807, 2.05) is 45.0 Å². The van der Waals surface area contributed by atoms with Crippen LogP contribution in [-0.4, -0.2) is 26.8 Å². The maximum atomic E-state index is 11.9. The fraction of sp³-hybridized carbons (Fsp3) is 0.357. The van der Waals surface area contributed by atoms with E-state index in [2.05, 4.69) is 20.5 Å². The highest BCUT2D eigenvalue weighted by Crippen LogP contribution is 2.17. The molecule has 0 saturated heterocycles. The zero-order valence-corrected chi connectivity index (χ0v) is 12.6. The van der Waals surface area contributed by atoms with Crippen molar-refractivity contribution in [1.82, 2.24) is 15.2 Å². The van der Waals surface area contributed by atoms with Crippen LogP contribution in [0.15, 0.2) is 29.4 Å². The number of anilines is 1. The molecule has 106 valence electrons. The predicted molar refractivity (Wildman–Crippen MR) is 81.0 cm³/mol. The zero-order valence-electron chi connectivity index (χ0n) is 11.8.